The minimum atomic E-state index is -3.72. The number of sulfone groups is 2. The van der Waals surface area contributed by atoms with Gasteiger partial charge in [-0.15, -0.1) is 0 Å². The topological polar surface area (TPSA) is 188 Å². The van der Waals surface area contributed by atoms with E-state index in [1.807, 2.05) is 0 Å². The maximum absolute atomic E-state index is 13.0. The number of rotatable bonds is 15. The summed E-state index contributed by atoms with van der Waals surface area (Å²) in [5, 5.41) is 6.41. The molecule has 2 amide bonds. The number of ether oxygens (including phenoxy) is 2. The molecule has 0 aliphatic heterocycles. The summed E-state index contributed by atoms with van der Waals surface area (Å²) in [7, 11) is -5.97. The number of furan rings is 1. The Hall–Kier alpha value is -7.30. The van der Waals surface area contributed by atoms with Gasteiger partial charge >= 0.3 is 0 Å². The maximum atomic E-state index is 13.0. The number of hydrogen-bond acceptors (Lipinski definition) is 11. The lowest BCUT2D eigenvalue weighted by atomic mass is 10.2. The highest BCUT2D eigenvalue weighted by Crippen LogP contribution is 2.29. The van der Waals surface area contributed by atoms with E-state index in [0.717, 1.165) is 35.0 Å². The van der Waals surface area contributed by atoms with E-state index in [2.05, 4.69) is 27.5 Å². The average molecular weight is 886 g/mol. The molecule has 0 aliphatic carbocycles. The van der Waals surface area contributed by atoms with Gasteiger partial charge in [0.2, 0.25) is 19.7 Å². The molecule has 4 aromatic heterocycles. The fourth-order valence-corrected chi connectivity index (χ4v) is 9.06. The maximum Gasteiger partial charge on any atom is 0.287 e. The first-order valence-corrected chi connectivity index (χ1v) is 22.8. The van der Waals surface area contributed by atoms with Gasteiger partial charge in [-0.2, -0.15) is 0 Å². The molecule has 14 nitrogen and oxygen atoms in total. The standard InChI is InChI=1S/C25H25N3O4S.C22H18N2O5S/c1-2-3-15-32-21-5-4-6-23(16-21)33(30,31)22-10-7-19(8-11-22)17-27-25(29)20-9-12-24-26-13-14-28(24)18-20;1-28-18-4-2-3-5-21(18)30(26,27)17-8-6-15(7-9-17)13-24-22(25)19-12-16-10-11-23-14-20(16)29-19/h4-14,16,18H,2-3,15,17H2,1H3,(H,27,29);2-12,14H,13H2,1H3,(H,24,25). The zero-order valence-corrected chi connectivity index (χ0v) is 35.9. The van der Waals surface area contributed by atoms with E-state index in [1.54, 1.807) is 139 Å². The monoisotopic (exact) mass is 885 g/mol. The van der Waals surface area contributed by atoms with Gasteiger partial charge in [-0.05, 0) is 96.4 Å². The van der Waals surface area contributed by atoms with Crippen molar-refractivity contribution in [3.05, 3.63) is 175 Å². The van der Waals surface area contributed by atoms with Crippen molar-refractivity contribution in [2.45, 2.75) is 52.4 Å². The third-order valence-electron chi connectivity index (χ3n) is 9.81. The van der Waals surface area contributed by atoms with E-state index >= 15 is 0 Å². The van der Waals surface area contributed by atoms with E-state index in [9.17, 15) is 26.4 Å². The van der Waals surface area contributed by atoms with Gasteiger partial charge < -0.3 is 28.9 Å². The van der Waals surface area contributed by atoms with Crippen LogP contribution in [0.2, 0.25) is 0 Å². The Morgan fingerprint density at radius 2 is 1.43 bits per heavy atom. The van der Waals surface area contributed by atoms with Crippen LogP contribution in [0, 0.1) is 0 Å². The molecule has 16 heteroatoms. The first-order valence-electron chi connectivity index (χ1n) is 19.8. The fourth-order valence-electron chi connectivity index (χ4n) is 6.35. The Labute approximate surface area is 364 Å². The van der Waals surface area contributed by atoms with Crippen molar-refractivity contribution in [1.29, 1.82) is 0 Å². The minimum Gasteiger partial charge on any atom is -0.495 e. The summed E-state index contributed by atoms with van der Waals surface area (Å²) >= 11 is 0. The smallest absolute Gasteiger partial charge is 0.287 e. The highest BCUT2D eigenvalue weighted by molar-refractivity contribution is 7.91. The molecular formula is C47H43N5O9S2. The number of methoxy groups -OCH3 is 1. The number of nitrogens with one attached hydrogen (secondary N) is 2. The van der Waals surface area contributed by atoms with Crippen molar-refractivity contribution < 1.29 is 40.3 Å². The van der Waals surface area contributed by atoms with Crippen molar-refractivity contribution in [2.75, 3.05) is 13.7 Å². The Morgan fingerprint density at radius 3 is 2.13 bits per heavy atom. The minimum absolute atomic E-state index is 0.105. The largest absolute Gasteiger partial charge is 0.495 e. The van der Waals surface area contributed by atoms with Crippen LogP contribution in [0.4, 0.5) is 0 Å². The summed E-state index contributed by atoms with van der Waals surface area (Å²) in [5.41, 5.74) is 3.36. The SMILES string of the molecule is CCCCOc1cccc(S(=O)(=O)c2ccc(CNC(=O)c3ccc4nccn4c3)cc2)c1.COc1ccccc1S(=O)(=O)c1ccc(CNC(=O)c2cc3ccncc3o2)cc1. The Balaban J connectivity index is 0.000000190. The van der Waals surface area contributed by atoms with Gasteiger partial charge in [0, 0.05) is 43.3 Å². The highest BCUT2D eigenvalue weighted by atomic mass is 32.2. The summed E-state index contributed by atoms with van der Waals surface area (Å²) in [5.74, 6) is 0.431. The zero-order valence-electron chi connectivity index (χ0n) is 34.3. The first kappa shape index (κ1) is 43.8. The van der Waals surface area contributed by atoms with Gasteiger partial charge in [-0.1, -0.05) is 55.8 Å². The fraction of sp³-hybridized carbons (Fsp3) is 0.149. The first-order chi connectivity index (χ1) is 30.5. The van der Waals surface area contributed by atoms with E-state index in [0.29, 0.717) is 23.5 Å². The van der Waals surface area contributed by atoms with Crippen LogP contribution in [-0.2, 0) is 32.8 Å². The number of para-hydroxylation sites is 1. The van der Waals surface area contributed by atoms with Crippen molar-refractivity contribution in [2.24, 2.45) is 0 Å². The number of unbranched alkanes of at least 4 members (excludes halogenated alkanes) is 1. The van der Waals surface area contributed by atoms with Gasteiger partial charge in [0.25, 0.3) is 11.8 Å². The van der Waals surface area contributed by atoms with Gasteiger partial charge in [0.05, 0.1) is 40.2 Å². The molecule has 0 fully saturated rings. The predicted octanol–water partition coefficient (Wildman–Crippen LogP) is 7.88. The molecular weight excluding hydrogens is 843 g/mol. The van der Waals surface area contributed by atoms with Crippen molar-refractivity contribution in [3.8, 4) is 11.5 Å². The van der Waals surface area contributed by atoms with Crippen LogP contribution in [0.5, 0.6) is 11.5 Å². The lowest BCUT2D eigenvalue weighted by Gasteiger charge is -2.10. The van der Waals surface area contributed by atoms with E-state index in [4.69, 9.17) is 13.9 Å². The quantitative estimate of drug-likeness (QED) is 0.0954. The molecule has 0 unspecified atom stereocenters. The normalized spacial score (nSPS) is 11.4. The molecule has 8 aromatic rings. The molecule has 0 atom stereocenters. The van der Waals surface area contributed by atoms with Gasteiger partial charge in [-0.3, -0.25) is 14.6 Å². The third-order valence-corrected chi connectivity index (χ3v) is 13.4. The van der Waals surface area contributed by atoms with Crippen LogP contribution < -0.4 is 20.1 Å². The van der Waals surface area contributed by atoms with Crippen molar-refractivity contribution in [3.63, 3.8) is 0 Å². The molecule has 0 radical (unpaired) electrons. The predicted molar refractivity (Wildman–Crippen MR) is 235 cm³/mol. The van der Waals surface area contributed by atoms with Gasteiger partial charge in [-0.25, -0.2) is 21.8 Å². The second kappa shape index (κ2) is 19.6. The summed E-state index contributed by atoms with van der Waals surface area (Å²) in [6.07, 6.45) is 10.2. The van der Waals surface area contributed by atoms with E-state index < -0.39 is 19.7 Å². The molecule has 0 saturated carbocycles. The number of hydrogen-bond donors (Lipinski definition) is 2. The number of amides is 2. The van der Waals surface area contributed by atoms with Crippen LogP contribution in [-0.4, -0.2) is 56.7 Å². The van der Waals surface area contributed by atoms with Crippen molar-refractivity contribution in [1.82, 2.24) is 25.0 Å². The second-order valence-corrected chi connectivity index (χ2v) is 18.0. The molecule has 63 heavy (non-hydrogen) atoms. The number of nitrogens with zero attached hydrogens (tertiary/aromatic N) is 3. The lowest BCUT2D eigenvalue weighted by Crippen LogP contribution is -2.23. The van der Waals surface area contributed by atoms with Gasteiger partial charge in [0.1, 0.15) is 22.0 Å². The molecule has 0 aliphatic rings. The van der Waals surface area contributed by atoms with Crippen LogP contribution >= 0.6 is 0 Å². The number of aromatic nitrogens is 3. The molecule has 0 spiro atoms. The summed E-state index contributed by atoms with van der Waals surface area (Å²) in [4.78, 5) is 33.5. The summed E-state index contributed by atoms with van der Waals surface area (Å²) < 4.78 is 69.9. The highest BCUT2D eigenvalue weighted by Gasteiger charge is 2.22. The van der Waals surface area contributed by atoms with Crippen LogP contribution in [0.3, 0.4) is 0 Å². The molecule has 0 bridgehead atoms. The average Bonchev–Trinajstić information content (AvgIpc) is 3.98. The van der Waals surface area contributed by atoms with Gasteiger partial charge in [0.15, 0.2) is 11.3 Å². The van der Waals surface area contributed by atoms with E-state index in [-0.39, 0.29) is 56.0 Å². The summed E-state index contributed by atoms with van der Waals surface area (Å²) in [6, 6.07) is 32.8. The molecule has 4 heterocycles. The van der Waals surface area contributed by atoms with E-state index in [1.165, 1.54) is 25.3 Å². The van der Waals surface area contributed by atoms with Crippen LogP contribution in [0.15, 0.2) is 176 Å². The van der Waals surface area contributed by atoms with Crippen molar-refractivity contribution >= 4 is 48.1 Å². The Kier molecular flexibility index (Phi) is 13.6. The molecule has 4 aromatic carbocycles. The Morgan fingerprint density at radius 1 is 0.730 bits per heavy atom. The van der Waals surface area contributed by atoms with Crippen LogP contribution in [0.25, 0.3) is 16.6 Å². The number of benzene rings is 4. The third kappa shape index (κ3) is 10.4. The zero-order chi connectivity index (χ0) is 44.4. The number of carbonyl (C=O) groups is 2. The number of carbonyl (C=O) groups excluding carboxylic acids is 2. The number of pyridine rings is 2. The molecule has 322 valence electrons. The lowest BCUT2D eigenvalue weighted by molar-refractivity contribution is 0.0923. The molecule has 8 rings (SSSR count). The summed E-state index contributed by atoms with van der Waals surface area (Å²) in [6.45, 7) is 3.13. The molecule has 0 saturated heterocycles. The number of imidazole rings is 1. The second-order valence-electron chi connectivity index (χ2n) is 14.1. The van der Waals surface area contributed by atoms with Crippen LogP contribution in [0.1, 0.15) is 51.8 Å². The molecule has 2 N–H and O–H groups in total. The number of fused-ring (bicyclic) bond motifs is 2. The Bertz CT molecular complexity index is 3060.